The van der Waals surface area contributed by atoms with Crippen LogP contribution in [0.2, 0.25) is 0 Å². The summed E-state index contributed by atoms with van der Waals surface area (Å²) >= 11 is 0. The number of hydrogen-bond acceptors (Lipinski definition) is 5. The second-order valence-corrected chi connectivity index (χ2v) is 8.21. The van der Waals surface area contributed by atoms with E-state index in [1.165, 1.54) is 17.0 Å². The number of aromatic carboxylic acids is 1. The lowest BCUT2D eigenvalue weighted by atomic mass is 10.1. The number of likely N-dealkylation sites (N-methyl/N-ethyl adjacent to an activating group) is 1. The first-order valence-corrected chi connectivity index (χ1v) is 9.93. The molecule has 2 atom stereocenters. The van der Waals surface area contributed by atoms with Gasteiger partial charge in [-0.1, -0.05) is 12.1 Å². The summed E-state index contributed by atoms with van der Waals surface area (Å²) in [6.07, 6.45) is 0. The average Bonchev–Trinajstić information content (AvgIpc) is 2.69. The predicted molar refractivity (Wildman–Crippen MR) is 104 cm³/mol. The lowest BCUT2D eigenvalue weighted by Crippen LogP contribution is -2.35. The molecular weight excluding hydrogens is 382 g/mol. The smallest absolute Gasteiger partial charge is 0.335 e. The predicted octanol–water partition coefficient (Wildman–Crippen LogP) is 2.26. The minimum atomic E-state index is -1.49. The molecule has 8 heteroatoms. The average molecular weight is 401 g/mol. The van der Waals surface area contributed by atoms with Gasteiger partial charge in [-0.05, 0) is 42.8 Å². The zero-order valence-electron chi connectivity index (χ0n) is 15.4. The minimum Gasteiger partial charge on any atom is -0.482 e. The summed E-state index contributed by atoms with van der Waals surface area (Å²) in [6, 6.07) is 10.9. The fraction of sp³-hybridized carbons (Fsp3) is 0.250. The maximum atomic E-state index is 12.8. The molecule has 1 amide bonds. The lowest BCUT2D eigenvalue weighted by Gasteiger charge is -2.26. The number of rotatable bonds is 6. The fourth-order valence-electron chi connectivity index (χ4n) is 2.81. The van der Waals surface area contributed by atoms with Crippen LogP contribution < -0.4 is 9.64 Å². The van der Waals surface area contributed by atoms with E-state index in [2.05, 4.69) is 0 Å². The quantitative estimate of drug-likeness (QED) is 0.745. The van der Waals surface area contributed by atoms with Crippen molar-refractivity contribution in [3.63, 3.8) is 0 Å². The SMILES string of the molecule is CC(C(=O)c1ccc2c(c1)N(C)C(=O)CO2)S(=O)Cc1ccc(C(=O)O)cc1. The summed E-state index contributed by atoms with van der Waals surface area (Å²) < 4.78 is 18.0. The molecule has 146 valence electrons. The lowest BCUT2D eigenvalue weighted by molar-refractivity contribution is -0.121. The van der Waals surface area contributed by atoms with E-state index in [4.69, 9.17) is 9.84 Å². The van der Waals surface area contributed by atoms with Gasteiger partial charge in [-0.25, -0.2) is 4.79 Å². The van der Waals surface area contributed by atoms with Gasteiger partial charge >= 0.3 is 5.97 Å². The van der Waals surface area contributed by atoms with Crippen LogP contribution in [0.3, 0.4) is 0 Å². The van der Waals surface area contributed by atoms with Crippen LogP contribution in [0.4, 0.5) is 5.69 Å². The Labute approximate surface area is 164 Å². The third-order valence-corrected chi connectivity index (χ3v) is 6.22. The van der Waals surface area contributed by atoms with Crippen LogP contribution in [0.5, 0.6) is 5.75 Å². The van der Waals surface area contributed by atoms with Gasteiger partial charge < -0.3 is 14.7 Å². The van der Waals surface area contributed by atoms with Crippen LogP contribution in [0.25, 0.3) is 0 Å². The number of ketones is 1. The Kier molecular flexibility index (Phi) is 5.60. The van der Waals surface area contributed by atoms with E-state index in [1.807, 2.05) is 0 Å². The molecule has 1 aliphatic heterocycles. The first-order valence-electron chi connectivity index (χ1n) is 8.55. The van der Waals surface area contributed by atoms with Crippen molar-refractivity contribution in [2.45, 2.75) is 17.9 Å². The van der Waals surface area contributed by atoms with Crippen molar-refractivity contribution < 1.29 is 28.4 Å². The highest BCUT2D eigenvalue weighted by Gasteiger charge is 2.26. The molecule has 0 fully saturated rings. The number of carboxylic acid groups (broad SMARTS) is 1. The van der Waals surface area contributed by atoms with Crippen molar-refractivity contribution in [2.24, 2.45) is 0 Å². The number of fused-ring (bicyclic) bond motifs is 1. The Morgan fingerprint density at radius 3 is 2.46 bits per heavy atom. The summed E-state index contributed by atoms with van der Waals surface area (Å²) in [6.45, 7) is 1.55. The van der Waals surface area contributed by atoms with Gasteiger partial charge in [0.2, 0.25) is 0 Å². The number of hydrogen-bond donors (Lipinski definition) is 1. The third kappa shape index (κ3) is 3.96. The van der Waals surface area contributed by atoms with E-state index < -0.39 is 22.0 Å². The van der Waals surface area contributed by atoms with Gasteiger partial charge in [0.05, 0.1) is 16.5 Å². The Balaban J connectivity index is 1.74. The largest absolute Gasteiger partial charge is 0.482 e. The van der Waals surface area contributed by atoms with Crippen LogP contribution in [-0.2, 0) is 21.3 Å². The second kappa shape index (κ2) is 7.93. The van der Waals surface area contributed by atoms with Gasteiger partial charge in [-0.15, -0.1) is 0 Å². The summed E-state index contributed by atoms with van der Waals surface area (Å²) in [5, 5.41) is 8.16. The molecule has 0 bridgehead atoms. The van der Waals surface area contributed by atoms with Crippen LogP contribution in [0.15, 0.2) is 42.5 Å². The van der Waals surface area contributed by atoms with Gasteiger partial charge in [0.25, 0.3) is 5.91 Å². The molecular formula is C20H19NO6S. The molecule has 2 aromatic rings. The number of Topliss-reactive ketones (excluding diaryl/α,β-unsaturated/α-hetero) is 1. The van der Waals surface area contributed by atoms with Gasteiger partial charge in [-0.3, -0.25) is 13.8 Å². The Hall–Kier alpha value is -3.00. The molecule has 1 N–H and O–H groups in total. The second-order valence-electron chi connectivity index (χ2n) is 6.46. The van der Waals surface area contributed by atoms with E-state index >= 15 is 0 Å². The van der Waals surface area contributed by atoms with Gasteiger partial charge in [0.15, 0.2) is 12.4 Å². The molecule has 1 aliphatic rings. The van der Waals surface area contributed by atoms with Crippen molar-refractivity contribution >= 4 is 34.1 Å². The highest BCUT2D eigenvalue weighted by molar-refractivity contribution is 7.85. The Morgan fingerprint density at radius 1 is 1.18 bits per heavy atom. The van der Waals surface area contributed by atoms with Gasteiger partial charge in [-0.2, -0.15) is 0 Å². The van der Waals surface area contributed by atoms with E-state index in [1.54, 1.807) is 44.3 Å². The number of anilines is 1. The zero-order chi connectivity index (χ0) is 20.4. The summed E-state index contributed by atoms with van der Waals surface area (Å²) in [5.74, 6) is -0.880. The highest BCUT2D eigenvalue weighted by atomic mass is 32.2. The van der Waals surface area contributed by atoms with Gasteiger partial charge in [0, 0.05) is 29.2 Å². The molecule has 0 saturated heterocycles. The first kappa shape index (κ1) is 19.8. The summed E-state index contributed by atoms with van der Waals surface area (Å²) in [5.41, 5.74) is 1.69. The molecule has 2 unspecified atom stereocenters. The number of amides is 1. The van der Waals surface area contributed by atoms with Crippen LogP contribution in [-0.4, -0.2) is 45.9 Å². The highest BCUT2D eigenvalue weighted by Crippen LogP contribution is 2.32. The molecule has 0 aromatic heterocycles. The first-order chi connectivity index (χ1) is 13.3. The number of nitrogens with zero attached hydrogens (tertiary/aromatic N) is 1. The van der Waals surface area contributed by atoms with E-state index in [9.17, 15) is 18.6 Å². The molecule has 28 heavy (non-hydrogen) atoms. The molecule has 0 aliphatic carbocycles. The number of carboxylic acids is 1. The van der Waals surface area contributed by atoms with Crippen molar-refractivity contribution in [3.05, 3.63) is 59.2 Å². The molecule has 2 aromatic carbocycles. The Morgan fingerprint density at radius 2 is 1.82 bits per heavy atom. The number of carbonyl (C=O) groups is 3. The topological polar surface area (TPSA) is 101 Å². The third-order valence-electron chi connectivity index (χ3n) is 4.60. The maximum absolute atomic E-state index is 12.8. The van der Waals surface area contributed by atoms with Gasteiger partial charge in [0.1, 0.15) is 5.75 Å². The summed E-state index contributed by atoms with van der Waals surface area (Å²) in [4.78, 5) is 36.9. The van der Waals surface area contributed by atoms with Crippen molar-refractivity contribution in [3.8, 4) is 5.75 Å². The number of ether oxygens (including phenoxy) is 1. The minimum absolute atomic E-state index is 0.0438. The number of benzene rings is 2. The molecule has 0 saturated carbocycles. The maximum Gasteiger partial charge on any atom is 0.335 e. The molecule has 0 radical (unpaired) electrons. The number of carbonyl (C=O) groups excluding carboxylic acids is 2. The zero-order valence-corrected chi connectivity index (χ0v) is 16.2. The van der Waals surface area contributed by atoms with E-state index in [-0.39, 0.29) is 29.6 Å². The summed E-state index contributed by atoms with van der Waals surface area (Å²) in [7, 11) is 0.122. The molecule has 7 nitrogen and oxygen atoms in total. The van der Waals surface area contributed by atoms with Crippen LogP contribution in [0.1, 0.15) is 33.2 Å². The van der Waals surface area contributed by atoms with Crippen molar-refractivity contribution in [1.29, 1.82) is 0 Å². The molecule has 3 rings (SSSR count). The standard InChI is InChI=1S/C20H19NO6S/c1-12(28(26)11-13-3-5-14(6-4-13)20(24)25)19(23)15-7-8-17-16(9-15)21(2)18(22)10-27-17/h3-9,12H,10-11H2,1-2H3,(H,24,25). The Bertz CT molecular complexity index is 969. The van der Waals surface area contributed by atoms with E-state index in [0.717, 1.165) is 0 Å². The van der Waals surface area contributed by atoms with Crippen molar-refractivity contribution in [1.82, 2.24) is 0 Å². The van der Waals surface area contributed by atoms with Crippen LogP contribution in [0, 0.1) is 0 Å². The fourth-order valence-corrected chi connectivity index (χ4v) is 3.96. The van der Waals surface area contributed by atoms with Crippen molar-refractivity contribution in [2.75, 3.05) is 18.6 Å². The van der Waals surface area contributed by atoms with Crippen LogP contribution >= 0.6 is 0 Å². The molecule has 0 spiro atoms. The molecule has 1 heterocycles. The normalized spacial score (nSPS) is 15.4. The van der Waals surface area contributed by atoms with E-state index in [0.29, 0.717) is 22.6 Å². The monoisotopic (exact) mass is 401 g/mol.